The number of nitrogens with one attached hydrogen (secondary N) is 1. The number of fused-ring (bicyclic) bond motifs is 1. The van der Waals surface area contributed by atoms with Crippen molar-refractivity contribution in [3.8, 4) is 5.75 Å². The van der Waals surface area contributed by atoms with Gasteiger partial charge in [0.1, 0.15) is 30.2 Å². The minimum Gasteiger partial charge on any atom is -0.461 e. The van der Waals surface area contributed by atoms with Gasteiger partial charge in [0, 0.05) is 23.6 Å². The zero-order valence-electron chi connectivity index (χ0n) is 14.9. The first kappa shape index (κ1) is 19.1. The second-order valence-electron chi connectivity index (χ2n) is 6.86. The highest BCUT2D eigenvalue weighted by Crippen LogP contribution is 2.32. The first-order valence-corrected chi connectivity index (χ1v) is 8.63. The van der Waals surface area contributed by atoms with Crippen molar-refractivity contribution >= 4 is 10.9 Å². The number of ether oxygens (including phenoxy) is 2. The molecule has 2 heterocycles. The van der Waals surface area contributed by atoms with E-state index in [-0.39, 0.29) is 0 Å². The van der Waals surface area contributed by atoms with Crippen molar-refractivity contribution in [3.05, 3.63) is 30.0 Å². The SMILES string of the molecule is CN(C)CCc1c[nH]c2cccc(OC3OC(CO)C(O)C(O)C3O)c12. The molecule has 0 aliphatic carbocycles. The summed E-state index contributed by atoms with van der Waals surface area (Å²) in [6.07, 6.45) is -3.79. The maximum Gasteiger partial charge on any atom is 0.229 e. The second kappa shape index (κ2) is 7.91. The highest BCUT2D eigenvalue weighted by Gasteiger charge is 2.44. The summed E-state index contributed by atoms with van der Waals surface area (Å²) in [7, 11) is 4.00. The number of hydrogen-bond acceptors (Lipinski definition) is 7. The predicted octanol–water partition coefficient (Wildman–Crippen LogP) is -0.549. The van der Waals surface area contributed by atoms with Gasteiger partial charge in [0.15, 0.2) is 0 Å². The van der Waals surface area contributed by atoms with Crippen LogP contribution in [-0.2, 0) is 11.2 Å². The lowest BCUT2D eigenvalue weighted by atomic mass is 9.99. The van der Waals surface area contributed by atoms with E-state index in [4.69, 9.17) is 9.47 Å². The van der Waals surface area contributed by atoms with E-state index in [1.54, 1.807) is 6.07 Å². The number of H-pyrrole nitrogens is 1. The summed E-state index contributed by atoms with van der Waals surface area (Å²) in [5.41, 5.74) is 1.95. The van der Waals surface area contributed by atoms with Gasteiger partial charge < -0.3 is 39.8 Å². The molecular weight excluding hydrogens is 340 g/mol. The van der Waals surface area contributed by atoms with Gasteiger partial charge in [-0.3, -0.25) is 0 Å². The molecule has 0 amide bonds. The summed E-state index contributed by atoms with van der Waals surface area (Å²) in [5.74, 6) is 0.502. The van der Waals surface area contributed by atoms with E-state index in [1.165, 1.54) is 0 Å². The Bertz CT molecular complexity index is 732. The van der Waals surface area contributed by atoms with E-state index < -0.39 is 37.3 Å². The summed E-state index contributed by atoms with van der Waals surface area (Å²) in [6, 6.07) is 5.50. The Morgan fingerprint density at radius 1 is 1.15 bits per heavy atom. The van der Waals surface area contributed by atoms with E-state index in [0.717, 1.165) is 29.4 Å². The van der Waals surface area contributed by atoms with Crippen molar-refractivity contribution in [3.63, 3.8) is 0 Å². The molecule has 0 radical (unpaired) electrons. The molecular formula is C18H26N2O6. The maximum atomic E-state index is 10.2. The number of aliphatic hydroxyl groups excluding tert-OH is 4. The molecule has 2 aromatic rings. The topological polar surface area (TPSA) is 118 Å². The van der Waals surface area contributed by atoms with Crippen molar-refractivity contribution in [2.45, 2.75) is 37.1 Å². The monoisotopic (exact) mass is 366 g/mol. The molecule has 5 unspecified atom stereocenters. The number of aromatic amines is 1. The standard InChI is InChI=1S/C18H26N2O6/c1-20(2)7-6-10-8-19-11-4-3-5-12(14(10)11)25-18-17(24)16(23)15(22)13(9-21)26-18/h3-5,8,13,15-19,21-24H,6-7,9H2,1-2H3. The van der Waals surface area contributed by atoms with Gasteiger partial charge in [-0.25, -0.2) is 0 Å². The molecule has 0 saturated carbocycles. The fourth-order valence-electron chi connectivity index (χ4n) is 3.15. The third-order valence-electron chi connectivity index (χ3n) is 4.67. The quantitative estimate of drug-likeness (QED) is 0.465. The molecule has 1 fully saturated rings. The van der Waals surface area contributed by atoms with Gasteiger partial charge in [-0.1, -0.05) is 6.07 Å². The summed E-state index contributed by atoms with van der Waals surface area (Å²) in [6.45, 7) is 0.370. The summed E-state index contributed by atoms with van der Waals surface area (Å²) in [4.78, 5) is 5.29. The van der Waals surface area contributed by atoms with E-state index in [0.29, 0.717) is 5.75 Å². The largest absolute Gasteiger partial charge is 0.461 e. The van der Waals surface area contributed by atoms with Gasteiger partial charge in [-0.15, -0.1) is 0 Å². The molecule has 144 valence electrons. The Balaban J connectivity index is 1.87. The van der Waals surface area contributed by atoms with Gasteiger partial charge in [-0.2, -0.15) is 0 Å². The minimum atomic E-state index is -1.47. The highest BCUT2D eigenvalue weighted by molar-refractivity contribution is 5.89. The lowest BCUT2D eigenvalue weighted by molar-refractivity contribution is -0.277. The number of hydrogen-bond donors (Lipinski definition) is 5. The number of benzene rings is 1. The molecule has 26 heavy (non-hydrogen) atoms. The van der Waals surface area contributed by atoms with Gasteiger partial charge in [0.25, 0.3) is 0 Å². The van der Waals surface area contributed by atoms with Crippen molar-refractivity contribution < 1.29 is 29.9 Å². The smallest absolute Gasteiger partial charge is 0.229 e. The molecule has 5 N–H and O–H groups in total. The van der Waals surface area contributed by atoms with Crippen molar-refractivity contribution in [1.29, 1.82) is 0 Å². The van der Waals surface area contributed by atoms with Gasteiger partial charge in [0.2, 0.25) is 6.29 Å². The maximum absolute atomic E-state index is 10.2. The number of nitrogens with zero attached hydrogens (tertiary/aromatic N) is 1. The second-order valence-corrected chi connectivity index (χ2v) is 6.86. The number of aliphatic hydroxyl groups is 4. The van der Waals surface area contributed by atoms with Crippen molar-refractivity contribution in [2.75, 3.05) is 27.2 Å². The van der Waals surface area contributed by atoms with Gasteiger partial charge >= 0.3 is 0 Å². The molecule has 1 aliphatic rings. The number of rotatable bonds is 6. The van der Waals surface area contributed by atoms with E-state index >= 15 is 0 Å². The highest BCUT2D eigenvalue weighted by atomic mass is 16.7. The molecule has 1 aromatic heterocycles. The third-order valence-corrected chi connectivity index (χ3v) is 4.67. The lowest BCUT2D eigenvalue weighted by Gasteiger charge is -2.39. The fraction of sp³-hybridized carbons (Fsp3) is 0.556. The first-order valence-electron chi connectivity index (χ1n) is 8.63. The van der Waals surface area contributed by atoms with Crippen LogP contribution in [0.2, 0.25) is 0 Å². The third kappa shape index (κ3) is 3.71. The number of aromatic nitrogens is 1. The predicted molar refractivity (Wildman–Crippen MR) is 95.0 cm³/mol. The fourth-order valence-corrected chi connectivity index (χ4v) is 3.15. The molecule has 1 aromatic carbocycles. The summed E-state index contributed by atoms with van der Waals surface area (Å²) in [5, 5.41) is 40.2. The van der Waals surface area contributed by atoms with Crippen LogP contribution < -0.4 is 4.74 Å². The first-order chi connectivity index (χ1) is 12.4. The molecule has 8 nitrogen and oxygen atoms in total. The van der Waals surface area contributed by atoms with Gasteiger partial charge in [0.05, 0.1) is 6.61 Å². The van der Waals surface area contributed by atoms with E-state index in [2.05, 4.69) is 9.88 Å². The normalized spacial score (nSPS) is 29.4. The molecule has 0 spiro atoms. The van der Waals surface area contributed by atoms with Crippen LogP contribution in [0.4, 0.5) is 0 Å². The Kier molecular flexibility index (Phi) is 5.81. The molecule has 0 bridgehead atoms. The zero-order valence-corrected chi connectivity index (χ0v) is 14.9. The van der Waals surface area contributed by atoms with E-state index in [9.17, 15) is 20.4 Å². The number of likely N-dealkylation sites (N-methyl/N-ethyl adjacent to an activating group) is 1. The lowest BCUT2D eigenvalue weighted by Crippen LogP contribution is -2.60. The van der Waals surface area contributed by atoms with Crippen LogP contribution in [0.5, 0.6) is 5.75 Å². The molecule has 1 saturated heterocycles. The zero-order chi connectivity index (χ0) is 18.8. The summed E-state index contributed by atoms with van der Waals surface area (Å²) >= 11 is 0. The Hall–Kier alpha value is -1.68. The van der Waals surface area contributed by atoms with Crippen LogP contribution in [0.3, 0.4) is 0 Å². The van der Waals surface area contributed by atoms with Crippen LogP contribution in [0.15, 0.2) is 24.4 Å². The average Bonchev–Trinajstić information content (AvgIpc) is 3.04. The molecule has 3 rings (SSSR count). The van der Waals surface area contributed by atoms with Crippen molar-refractivity contribution in [1.82, 2.24) is 9.88 Å². The average molecular weight is 366 g/mol. The molecule has 8 heteroatoms. The van der Waals surface area contributed by atoms with Crippen LogP contribution >= 0.6 is 0 Å². The van der Waals surface area contributed by atoms with Gasteiger partial charge in [-0.05, 0) is 38.2 Å². The van der Waals surface area contributed by atoms with Crippen LogP contribution in [-0.4, -0.2) is 88.3 Å². The van der Waals surface area contributed by atoms with E-state index in [1.807, 2.05) is 32.4 Å². The Morgan fingerprint density at radius 3 is 2.62 bits per heavy atom. The van der Waals surface area contributed by atoms with Crippen LogP contribution in [0.1, 0.15) is 5.56 Å². The van der Waals surface area contributed by atoms with Crippen molar-refractivity contribution in [2.24, 2.45) is 0 Å². The minimum absolute atomic E-state index is 0.493. The molecule has 1 aliphatic heterocycles. The summed E-state index contributed by atoms with van der Waals surface area (Å²) < 4.78 is 11.3. The Morgan fingerprint density at radius 2 is 1.92 bits per heavy atom. The van der Waals surface area contributed by atoms with Crippen LogP contribution in [0.25, 0.3) is 10.9 Å². The Labute approximate surface area is 151 Å². The van der Waals surface area contributed by atoms with Crippen LogP contribution in [0, 0.1) is 0 Å². The molecule has 5 atom stereocenters.